The molecule has 0 saturated carbocycles. The van der Waals surface area contributed by atoms with E-state index in [1.165, 1.54) is 44.8 Å². The summed E-state index contributed by atoms with van der Waals surface area (Å²) in [6.45, 7) is 0. The van der Waals surface area contributed by atoms with Gasteiger partial charge >= 0.3 is 0 Å². The Morgan fingerprint density at radius 2 is 2.05 bits per heavy atom. The van der Waals surface area contributed by atoms with Gasteiger partial charge in [0.15, 0.2) is 11.6 Å². The van der Waals surface area contributed by atoms with Gasteiger partial charge in [0.05, 0.1) is 19.9 Å². The highest BCUT2D eigenvalue weighted by molar-refractivity contribution is 7.92. The molecule has 2 rings (SSSR count). The summed E-state index contributed by atoms with van der Waals surface area (Å²) in [5, 5.41) is 0. The van der Waals surface area contributed by atoms with Gasteiger partial charge in [0.25, 0.3) is 15.9 Å². The van der Waals surface area contributed by atoms with E-state index in [1.807, 2.05) is 0 Å². The van der Waals surface area contributed by atoms with E-state index >= 15 is 0 Å². The van der Waals surface area contributed by atoms with E-state index in [4.69, 9.17) is 15.2 Å². The van der Waals surface area contributed by atoms with E-state index in [0.717, 1.165) is 0 Å². The fourth-order valence-corrected chi connectivity index (χ4v) is 2.60. The van der Waals surface area contributed by atoms with E-state index in [-0.39, 0.29) is 28.0 Å². The van der Waals surface area contributed by atoms with Crippen molar-refractivity contribution in [3.05, 3.63) is 30.6 Å². The number of nitrogens with zero attached hydrogens (tertiary/aromatic N) is 2. The molecule has 0 aliphatic heterocycles. The number of sulfonamides is 1. The van der Waals surface area contributed by atoms with Gasteiger partial charge in [0, 0.05) is 18.5 Å². The summed E-state index contributed by atoms with van der Waals surface area (Å²) >= 11 is 0. The van der Waals surface area contributed by atoms with Gasteiger partial charge in [0.1, 0.15) is 4.90 Å². The number of nitrogens with two attached hydrogens (primary N) is 1. The van der Waals surface area contributed by atoms with Crippen LogP contribution in [0.3, 0.4) is 0 Å². The SMILES string of the molecule is COc1cc(NS(=O)(=O)c2cccnc2)c(N)nc1OC. The molecule has 0 atom stereocenters. The van der Waals surface area contributed by atoms with Crippen LogP contribution in [0, 0.1) is 0 Å². The van der Waals surface area contributed by atoms with Crippen LogP contribution in [-0.2, 0) is 10.0 Å². The largest absolute Gasteiger partial charge is 0.491 e. The Morgan fingerprint density at radius 1 is 1.29 bits per heavy atom. The Hall–Kier alpha value is -2.55. The minimum atomic E-state index is -3.81. The van der Waals surface area contributed by atoms with Crippen molar-refractivity contribution >= 4 is 21.5 Å². The van der Waals surface area contributed by atoms with Gasteiger partial charge in [0.2, 0.25) is 0 Å². The summed E-state index contributed by atoms with van der Waals surface area (Å²) in [4.78, 5) is 7.71. The minimum Gasteiger partial charge on any atom is -0.491 e. The molecule has 0 aliphatic rings. The van der Waals surface area contributed by atoms with Crippen LogP contribution in [0.1, 0.15) is 0 Å². The number of hydrogen-bond acceptors (Lipinski definition) is 7. The molecule has 0 unspecified atom stereocenters. The molecule has 2 aromatic rings. The molecule has 0 aliphatic carbocycles. The third-order valence-corrected chi connectivity index (χ3v) is 3.94. The standard InChI is InChI=1S/C12H14N4O4S/c1-19-10-6-9(11(13)15-12(10)20-2)16-21(17,18)8-4-3-5-14-7-8/h3-7,16H,1-2H3,(H2,13,15). The predicted octanol–water partition coefficient (Wildman–Crippen LogP) is 0.877. The fraction of sp³-hybridized carbons (Fsp3) is 0.167. The lowest BCUT2D eigenvalue weighted by molar-refractivity contribution is 0.344. The second-order valence-corrected chi connectivity index (χ2v) is 5.61. The summed E-state index contributed by atoms with van der Waals surface area (Å²) < 4.78 is 36.8. The quantitative estimate of drug-likeness (QED) is 0.841. The van der Waals surface area contributed by atoms with E-state index in [2.05, 4.69) is 14.7 Å². The lowest BCUT2D eigenvalue weighted by Crippen LogP contribution is -2.15. The van der Waals surface area contributed by atoms with Crippen molar-refractivity contribution < 1.29 is 17.9 Å². The van der Waals surface area contributed by atoms with Crippen molar-refractivity contribution in [2.24, 2.45) is 0 Å². The smallest absolute Gasteiger partial charge is 0.263 e. The number of nitrogens with one attached hydrogen (secondary N) is 1. The number of ether oxygens (including phenoxy) is 2. The van der Waals surface area contributed by atoms with Crippen LogP contribution >= 0.6 is 0 Å². The first kappa shape index (κ1) is 14.9. The zero-order chi connectivity index (χ0) is 15.5. The predicted molar refractivity (Wildman–Crippen MR) is 76.8 cm³/mol. The van der Waals surface area contributed by atoms with Crippen LogP contribution in [0.4, 0.5) is 11.5 Å². The third-order valence-electron chi connectivity index (χ3n) is 2.59. The van der Waals surface area contributed by atoms with Crippen molar-refractivity contribution in [2.45, 2.75) is 4.90 Å². The third kappa shape index (κ3) is 3.14. The highest BCUT2D eigenvalue weighted by Gasteiger charge is 2.18. The molecule has 21 heavy (non-hydrogen) atoms. The molecule has 112 valence electrons. The molecule has 3 N–H and O–H groups in total. The molecule has 2 aromatic heterocycles. The summed E-state index contributed by atoms with van der Waals surface area (Å²) in [5.74, 6) is 0.398. The first-order valence-corrected chi connectivity index (χ1v) is 7.27. The molecule has 2 heterocycles. The highest BCUT2D eigenvalue weighted by Crippen LogP contribution is 2.32. The van der Waals surface area contributed by atoms with Crippen molar-refractivity contribution in [1.82, 2.24) is 9.97 Å². The highest BCUT2D eigenvalue weighted by atomic mass is 32.2. The van der Waals surface area contributed by atoms with E-state index in [9.17, 15) is 8.42 Å². The second-order valence-electron chi connectivity index (χ2n) is 3.93. The van der Waals surface area contributed by atoms with Gasteiger partial charge in [-0.25, -0.2) is 8.42 Å². The number of aromatic nitrogens is 2. The number of methoxy groups -OCH3 is 2. The van der Waals surface area contributed by atoms with Crippen molar-refractivity contribution in [2.75, 3.05) is 24.7 Å². The van der Waals surface area contributed by atoms with Crippen LogP contribution < -0.4 is 19.9 Å². The average molecular weight is 310 g/mol. The van der Waals surface area contributed by atoms with Gasteiger partial charge in [-0.3, -0.25) is 9.71 Å². The van der Waals surface area contributed by atoms with E-state index in [1.54, 1.807) is 0 Å². The first-order chi connectivity index (χ1) is 9.97. The molecule has 0 bridgehead atoms. The zero-order valence-corrected chi connectivity index (χ0v) is 12.2. The molecular formula is C12H14N4O4S. The van der Waals surface area contributed by atoms with Gasteiger partial charge in [-0.15, -0.1) is 0 Å². The number of nitrogen functional groups attached to an aromatic ring is 1. The fourth-order valence-electron chi connectivity index (χ4n) is 1.58. The summed E-state index contributed by atoms with van der Waals surface area (Å²) in [7, 11) is -0.991. The van der Waals surface area contributed by atoms with Crippen molar-refractivity contribution in [3.8, 4) is 11.6 Å². The van der Waals surface area contributed by atoms with Crippen LogP contribution in [-0.4, -0.2) is 32.6 Å². The molecule has 0 spiro atoms. The van der Waals surface area contributed by atoms with E-state index < -0.39 is 10.0 Å². The maximum absolute atomic E-state index is 12.2. The van der Waals surface area contributed by atoms with Gasteiger partial charge < -0.3 is 15.2 Å². The first-order valence-electron chi connectivity index (χ1n) is 5.79. The summed E-state index contributed by atoms with van der Waals surface area (Å²) in [6.07, 6.45) is 2.71. The van der Waals surface area contributed by atoms with Crippen LogP contribution in [0.25, 0.3) is 0 Å². The van der Waals surface area contributed by atoms with Gasteiger partial charge in [-0.2, -0.15) is 4.98 Å². The zero-order valence-electron chi connectivity index (χ0n) is 11.4. The Bertz CT molecular complexity index is 734. The topological polar surface area (TPSA) is 116 Å². The Labute approximate surface area is 122 Å². The maximum Gasteiger partial charge on any atom is 0.263 e. The van der Waals surface area contributed by atoms with Crippen molar-refractivity contribution in [3.63, 3.8) is 0 Å². The summed E-state index contributed by atoms with van der Waals surface area (Å²) in [5.41, 5.74) is 5.81. The van der Waals surface area contributed by atoms with Gasteiger partial charge in [-0.1, -0.05) is 0 Å². The molecule has 0 radical (unpaired) electrons. The second kappa shape index (κ2) is 5.83. The molecule has 0 fully saturated rings. The average Bonchev–Trinajstić information content (AvgIpc) is 2.49. The molecule has 0 saturated heterocycles. The van der Waals surface area contributed by atoms with Crippen LogP contribution in [0.15, 0.2) is 35.5 Å². The minimum absolute atomic E-state index is 0.0131. The number of pyridine rings is 2. The molecule has 9 heteroatoms. The summed E-state index contributed by atoms with van der Waals surface area (Å²) in [6, 6.07) is 4.33. The Kier molecular flexibility index (Phi) is 4.13. The molecular weight excluding hydrogens is 296 g/mol. The number of rotatable bonds is 5. The molecule has 8 nitrogen and oxygen atoms in total. The normalized spacial score (nSPS) is 11.0. The van der Waals surface area contributed by atoms with Crippen molar-refractivity contribution in [1.29, 1.82) is 0 Å². The molecule has 0 aromatic carbocycles. The number of hydrogen-bond donors (Lipinski definition) is 2. The van der Waals surface area contributed by atoms with Crippen LogP contribution in [0.2, 0.25) is 0 Å². The monoisotopic (exact) mass is 310 g/mol. The van der Waals surface area contributed by atoms with Crippen LogP contribution in [0.5, 0.6) is 11.6 Å². The Morgan fingerprint density at radius 3 is 2.62 bits per heavy atom. The van der Waals surface area contributed by atoms with Gasteiger partial charge in [-0.05, 0) is 12.1 Å². The van der Waals surface area contributed by atoms with E-state index in [0.29, 0.717) is 0 Å². The lowest BCUT2D eigenvalue weighted by Gasteiger charge is -2.13. The lowest BCUT2D eigenvalue weighted by atomic mass is 10.3. The number of anilines is 2. The Balaban J connectivity index is 2.40. The maximum atomic E-state index is 12.2. The molecule has 0 amide bonds.